The second-order valence-corrected chi connectivity index (χ2v) is 8.14. The first kappa shape index (κ1) is 19.5. The summed E-state index contributed by atoms with van der Waals surface area (Å²) in [5.41, 5.74) is 0.862. The number of nitro groups is 1. The van der Waals surface area contributed by atoms with Crippen molar-refractivity contribution in [1.29, 1.82) is 0 Å². The first-order valence-corrected chi connectivity index (χ1v) is 9.05. The molecule has 1 N–H and O–H groups in total. The number of nitrogens with zero attached hydrogens (tertiary/aromatic N) is 2. The second-order valence-electron chi connectivity index (χ2n) is 7.29. The zero-order chi connectivity index (χ0) is 18.8. The first-order chi connectivity index (χ1) is 11.6. The van der Waals surface area contributed by atoms with Crippen LogP contribution in [0.3, 0.4) is 0 Å². The molecule has 1 fully saturated rings. The molecule has 0 aliphatic carbocycles. The molecule has 0 spiro atoms. The number of carbonyl (C=O) groups is 1. The number of halogens is 1. The van der Waals surface area contributed by atoms with Crippen molar-refractivity contribution in [3.63, 3.8) is 0 Å². The quantitative estimate of drug-likeness (QED) is 0.583. The van der Waals surface area contributed by atoms with Gasteiger partial charge < -0.3 is 15.0 Å². The summed E-state index contributed by atoms with van der Waals surface area (Å²) in [5, 5.41) is 14.6. The Bertz CT molecular complexity index is 673. The summed E-state index contributed by atoms with van der Waals surface area (Å²) in [7, 11) is 0. The summed E-state index contributed by atoms with van der Waals surface area (Å²) in [6.07, 6.45) is 1.31. The van der Waals surface area contributed by atoms with Gasteiger partial charge in [-0.2, -0.15) is 0 Å². The van der Waals surface area contributed by atoms with Crippen LogP contribution in [0.25, 0.3) is 0 Å². The standard InChI is InChI=1S/C17H24BrN3O4/c1-11-8-14(15(21(23)24)9-13(11)18)19-12-6-5-7-20(10-12)16(22)25-17(2,3)4/h8-9,12,19H,5-7,10H2,1-4H3/t12-/m1/s1. The van der Waals surface area contributed by atoms with E-state index in [1.165, 1.54) is 6.07 Å². The Morgan fingerprint density at radius 2 is 2.12 bits per heavy atom. The summed E-state index contributed by atoms with van der Waals surface area (Å²) in [5.74, 6) is 0. The Hall–Kier alpha value is -1.83. The van der Waals surface area contributed by atoms with E-state index in [1.54, 1.807) is 11.0 Å². The molecule has 0 unspecified atom stereocenters. The highest BCUT2D eigenvalue weighted by atomic mass is 79.9. The van der Waals surface area contributed by atoms with Crippen molar-refractivity contribution in [3.8, 4) is 0 Å². The number of hydrogen-bond donors (Lipinski definition) is 1. The maximum absolute atomic E-state index is 12.2. The lowest BCUT2D eigenvalue weighted by Crippen LogP contribution is -2.47. The monoisotopic (exact) mass is 413 g/mol. The van der Waals surface area contributed by atoms with Crippen molar-refractivity contribution in [2.24, 2.45) is 0 Å². The number of benzene rings is 1. The highest BCUT2D eigenvalue weighted by molar-refractivity contribution is 9.10. The maximum atomic E-state index is 12.2. The summed E-state index contributed by atoms with van der Waals surface area (Å²) in [4.78, 5) is 24.8. The molecule has 1 atom stereocenters. The van der Waals surface area contributed by atoms with Crippen molar-refractivity contribution in [2.75, 3.05) is 18.4 Å². The van der Waals surface area contributed by atoms with Gasteiger partial charge in [0.25, 0.3) is 5.69 Å². The molecule has 0 bridgehead atoms. The molecule has 7 nitrogen and oxygen atoms in total. The Kier molecular flexibility index (Phi) is 5.92. The zero-order valence-corrected chi connectivity index (χ0v) is 16.6. The van der Waals surface area contributed by atoms with Gasteiger partial charge in [-0.15, -0.1) is 0 Å². The molecule has 1 aliphatic heterocycles. The number of amides is 1. The number of anilines is 1. The van der Waals surface area contributed by atoms with Crippen LogP contribution in [0.2, 0.25) is 0 Å². The Morgan fingerprint density at radius 1 is 1.44 bits per heavy atom. The van der Waals surface area contributed by atoms with Crippen LogP contribution in [0, 0.1) is 17.0 Å². The molecule has 0 aromatic heterocycles. The van der Waals surface area contributed by atoms with E-state index in [9.17, 15) is 14.9 Å². The van der Waals surface area contributed by atoms with Crippen molar-refractivity contribution in [1.82, 2.24) is 4.90 Å². The van der Waals surface area contributed by atoms with Gasteiger partial charge in [0.05, 0.1) is 4.92 Å². The van der Waals surface area contributed by atoms with E-state index in [-0.39, 0.29) is 17.8 Å². The third kappa shape index (κ3) is 5.32. The molecule has 1 heterocycles. The lowest BCUT2D eigenvalue weighted by Gasteiger charge is -2.34. The minimum Gasteiger partial charge on any atom is -0.444 e. The van der Waals surface area contributed by atoms with Gasteiger partial charge in [0.15, 0.2) is 0 Å². The number of rotatable bonds is 3. The van der Waals surface area contributed by atoms with Crippen LogP contribution in [0.15, 0.2) is 16.6 Å². The predicted molar refractivity (Wildman–Crippen MR) is 100.0 cm³/mol. The lowest BCUT2D eigenvalue weighted by atomic mass is 10.0. The van der Waals surface area contributed by atoms with Gasteiger partial charge in [-0.3, -0.25) is 10.1 Å². The van der Waals surface area contributed by atoms with E-state index in [4.69, 9.17) is 4.74 Å². The van der Waals surface area contributed by atoms with Gasteiger partial charge in [-0.05, 0) is 52.2 Å². The molecule has 0 saturated carbocycles. The average Bonchev–Trinajstić information content (AvgIpc) is 2.49. The number of aryl methyl sites for hydroxylation is 1. The average molecular weight is 414 g/mol. The van der Waals surface area contributed by atoms with Crippen LogP contribution < -0.4 is 5.32 Å². The van der Waals surface area contributed by atoms with E-state index < -0.39 is 10.5 Å². The largest absolute Gasteiger partial charge is 0.444 e. The Balaban J connectivity index is 2.12. The number of nitrogens with one attached hydrogen (secondary N) is 1. The zero-order valence-electron chi connectivity index (χ0n) is 15.0. The maximum Gasteiger partial charge on any atom is 0.410 e. The molecule has 1 aliphatic rings. The van der Waals surface area contributed by atoms with E-state index in [1.807, 2.05) is 27.7 Å². The van der Waals surface area contributed by atoms with Crippen LogP contribution >= 0.6 is 15.9 Å². The fraction of sp³-hybridized carbons (Fsp3) is 0.588. The molecular weight excluding hydrogens is 390 g/mol. The molecule has 25 heavy (non-hydrogen) atoms. The van der Waals surface area contributed by atoms with Crippen LogP contribution in [0.4, 0.5) is 16.2 Å². The normalized spacial score (nSPS) is 18.0. The number of piperidine rings is 1. The summed E-state index contributed by atoms with van der Waals surface area (Å²) in [6, 6.07) is 3.21. The van der Waals surface area contributed by atoms with Crippen molar-refractivity contribution < 1.29 is 14.5 Å². The summed E-state index contributed by atoms with van der Waals surface area (Å²) < 4.78 is 6.12. The van der Waals surface area contributed by atoms with Crippen molar-refractivity contribution >= 4 is 33.4 Å². The molecule has 8 heteroatoms. The van der Waals surface area contributed by atoms with E-state index >= 15 is 0 Å². The van der Waals surface area contributed by atoms with E-state index in [2.05, 4.69) is 21.2 Å². The molecule has 0 radical (unpaired) electrons. The SMILES string of the molecule is Cc1cc(N[C@@H]2CCCN(C(=O)OC(C)(C)C)C2)c([N+](=O)[O-])cc1Br. The first-order valence-electron chi connectivity index (χ1n) is 8.26. The molecule has 1 amide bonds. The highest BCUT2D eigenvalue weighted by Crippen LogP contribution is 2.32. The van der Waals surface area contributed by atoms with E-state index in [0.29, 0.717) is 23.2 Å². The molecule has 1 saturated heterocycles. The summed E-state index contributed by atoms with van der Waals surface area (Å²) >= 11 is 3.33. The molecule has 1 aromatic rings. The molecule has 2 rings (SSSR count). The smallest absolute Gasteiger partial charge is 0.410 e. The van der Waals surface area contributed by atoms with Gasteiger partial charge in [0.2, 0.25) is 0 Å². The van der Waals surface area contributed by atoms with Gasteiger partial charge in [0, 0.05) is 29.7 Å². The van der Waals surface area contributed by atoms with Crippen LogP contribution in [-0.2, 0) is 4.74 Å². The number of carbonyl (C=O) groups excluding carboxylic acids is 1. The fourth-order valence-electron chi connectivity index (χ4n) is 2.74. The van der Waals surface area contributed by atoms with Crippen molar-refractivity contribution in [2.45, 2.75) is 52.2 Å². The number of likely N-dealkylation sites (tertiary alicyclic amines) is 1. The van der Waals surface area contributed by atoms with Crippen LogP contribution in [0.1, 0.15) is 39.2 Å². The third-order valence-electron chi connectivity index (χ3n) is 3.91. The van der Waals surface area contributed by atoms with Gasteiger partial charge in [-0.25, -0.2) is 4.79 Å². The van der Waals surface area contributed by atoms with Gasteiger partial charge >= 0.3 is 6.09 Å². The van der Waals surface area contributed by atoms with Gasteiger partial charge in [0.1, 0.15) is 11.3 Å². The Morgan fingerprint density at radius 3 is 2.72 bits per heavy atom. The lowest BCUT2D eigenvalue weighted by molar-refractivity contribution is -0.384. The molecular formula is C17H24BrN3O4. The minimum absolute atomic E-state index is 0.0202. The number of hydrogen-bond acceptors (Lipinski definition) is 5. The predicted octanol–water partition coefficient (Wildman–Crippen LogP) is 4.48. The Labute approximate surface area is 156 Å². The van der Waals surface area contributed by atoms with Crippen LogP contribution in [0.5, 0.6) is 0 Å². The topological polar surface area (TPSA) is 84.7 Å². The highest BCUT2D eigenvalue weighted by Gasteiger charge is 2.29. The van der Waals surface area contributed by atoms with Gasteiger partial charge in [-0.1, -0.05) is 15.9 Å². The molecule has 1 aromatic carbocycles. The summed E-state index contributed by atoms with van der Waals surface area (Å²) in [6.45, 7) is 8.47. The van der Waals surface area contributed by atoms with E-state index in [0.717, 1.165) is 18.4 Å². The fourth-order valence-corrected chi connectivity index (χ4v) is 3.08. The minimum atomic E-state index is -0.543. The second kappa shape index (κ2) is 7.59. The third-order valence-corrected chi connectivity index (χ3v) is 4.76. The van der Waals surface area contributed by atoms with Crippen LogP contribution in [-0.4, -0.2) is 40.6 Å². The molecule has 138 valence electrons. The number of nitro benzene ring substituents is 1. The number of ether oxygens (including phenoxy) is 1. The van der Waals surface area contributed by atoms with Crippen molar-refractivity contribution in [3.05, 3.63) is 32.3 Å².